The lowest BCUT2D eigenvalue weighted by atomic mass is 9.92. The van der Waals surface area contributed by atoms with Crippen LogP contribution < -0.4 is 11.1 Å². The minimum atomic E-state index is -0.553. The molecule has 3 rings (SSSR count). The molecule has 0 aliphatic carbocycles. The number of aliphatic hydroxyl groups excluding tert-OH is 1. The Balaban J connectivity index is 1.62. The first-order chi connectivity index (χ1) is 12.9. The number of hydrogen-bond donors (Lipinski definition) is 3. The zero-order chi connectivity index (χ0) is 19.4. The number of nitrogens with one attached hydrogen (secondary N) is 1. The molecule has 2 heterocycles. The van der Waals surface area contributed by atoms with Crippen LogP contribution >= 0.6 is 0 Å². The van der Waals surface area contributed by atoms with Crippen molar-refractivity contribution in [2.45, 2.75) is 25.7 Å². The van der Waals surface area contributed by atoms with Crippen molar-refractivity contribution in [1.82, 2.24) is 10.1 Å². The fraction of sp³-hybridized carbons (Fsp3) is 0.250. The molecule has 0 saturated heterocycles. The molecule has 0 spiro atoms. The number of nitrogens with zero attached hydrogens (tertiary/aromatic N) is 2. The average Bonchev–Trinajstić information content (AvgIpc) is 3.12. The summed E-state index contributed by atoms with van der Waals surface area (Å²) >= 11 is 0. The number of nitrogens with two attached hydrogens (primary N) is 1. The van der Waals surface area contributed by atoms with Gasteiger partial charge in [-0.2, -0.15) is 0 Å². The summed E-state index contributed by atoms with van der Waals surface area (Å²) in [5, 5.41) is 15.9. The first-order valence-corrected chi connectivity index (χ1v) is 8.56. The van der Waals surface area contributed by atoms with E-state index in [0.29, 0.717) is 17.4 Å². The van der Waals surface area contributed by atoms with Crippen LogP contribution in [0.3, 0.4) is 0 Å². The van der Waals surface area contributed by atoms with Crippen LogP contribution in [0.2, 0.25) is 0 Å². The Hall–Kier alpha value is -3.19. The van der Waals surface area contributed by atoms with Crippen molar-refractivity contribution < 1.29 is 14.4 Å². The van der Waals surface area contributed by atoms with Gasteiger partial charge in [0.15, 0.2) is 5.82 Å². The van der Waals surface area contributed by atoms with E-state index < -0.39 is 5.41 Å². The Morgan fingerprint density at radius 3 is 2.52 bits per heavy atom. The summed E-state index contributed by atoms with van der Waals surface area (Å²) in [6, 6.07) is 13.0. The van der Waals surface area contributed by atoms with Gasteiger partial charge in [-0.15, -0.1) is 0 Å². The van der Waals surface area contributed by atoms with E-state index in [-0.39, 0.29) is 18.9 Å². The summed E-state index contributed by atoms with van der Waals surface area (Å²) < 4.78 is 5.20. The number of aliphatic hydroxyl groups is 1. The Kier molecular flexibility index (Phi) is 5.23. The lowest BCUT2D eigenvalue weighted by Gasteiger charge is -2.16. The van der Waals surface area contributed by atoms with Gasteiger partial charge < -0.3 is 20.7 Å². The molecule has 3 aromatic rings. The Labute approximate surface area is 157 Å². The van der Waals surface area contributed by atoms with Crippen molar-refractivity contribution in [2.75, 3.05) is 17.7 Å². The van der Waals surface area contributed by atoms with Gasteiger partial charge in [-0.05, 0) is 23.3 Å². The van der Waals surface area contributed by atoms with Gasteiger partial charge in [-0.1, -0.05) is 43.3 Å². The molecule has 7 nitrogen and oxygen atoms in total. The number of benzene rings is 1. The second-order valence-electron chi connectivity index (χ2n) is 7.01. The lowest BCUT2D eigenvalue weighted by Crippen LogP contribution is -2.21. The number of amides is 1. The van der Waals surface area contributed by atoms with Crippen LogP contribution in [0, 0.1) is 0 Å². The predicted molar refractivity (Wildman–Crippen MR) is 103 cm³/mol. The monoisotopic (exact) mass is 366 g/mol. The number of carbonyl (C=O) groups excluding carboxylic acids is 1. The molecule has 1 aromatic carbocycles. The van der Waals surface area contributed by atoms with Crippen molar-refractivity contribution in [3.05, 3.63) is 60.0 Å². The molecule has 4 N–H and O–H groups in total. The van der Waals surface area contributed by atoms with E-state index in [1.165, 1.54) is 0 Å². The molecular weight excluding hydrogens is 344 g/mol. The second-order valence-corrected chi connectivity index (χ2v) is 7.01. The molecule has 7 heteroatoms. The molecule has 0 aliphatic rings. The predicted octanol–water partition coefficient (Wildman–Crippen LogP) is 2.77. The van der Waals surface area contributed by atoms with Crippen molar-refractivity contribution in [3.63, 3.8) is 0 Å². The van der Waals surface area contributed by atoms with Crippen LogP contribution in [-0.2, 0) is 16.6 Å². The smallest absolute Gasteiger partial charge is 0.230 e. The average molecular weight is 366 g/mol. The van der Waals surface area contributed by atoms with Gasteiger partial charge in [0, 0.05) is 23.2 Å². The Morgan fingerprint density at radius 1 is 1.19 bits per heavy atom. The van der Waals surface area contributed by atoms with E-state index in [1.54, 1.807) is 18.3 Å². The first-order valence-electron chi connectivity index (χ1n) is 8.56. The third-order valence-electron chi connectivity index (χ3n) is 4.28. The maximum Gasteiger partial charge on any atom is 0.230 e. The molecule has 2 aromatic heterocycles. The highest BCUT2D eigenvalue weighted by atomic mass is 16.5. The van der Waals surface area contributed by atoms with Crippen molar-refractivity contribution in [2.24, 2.45) is 0 Å². The van der Waals surface area contributed by atoms with E-state index in [4.69, 9.17) is 10.3 Å². The summed E-state index contributed by atoms with van der Waals surface area (Å²) in [6.07, 6.45) is 1.93. The lowest BCUT2D eigenvalue weighted by molar-refractivity contribution is -0.115. The van der Waals surface area contributed by atoms with Crippen LogP contribution in [0.25, 0.3) is 11.1 Å². The zero-order valence-electron chi connectivity index (χ0n) is 15.3. The fourth-order valence-corrected chi connectivity index (χ4v) is 2.49. The minimum Gasteiger partial charge on any atom is -0.395 e. The molecular formula is C20H22N4O3. The summed E-state index contributed by atoms with van der Waals surface area (Å²) in [7, 11) is 0. The third-order valence-corrected chi connectivity index (χ3v) is 4.28. The number of carbonyl (C=O) groups is 1. The van der Waals surface area contributed by atoms with Gasteiger partial charge in [-0.3, -0.25) is 4.79 Å². The van der Waals surface area contributed by atoms with Gasteiger partial charge in [0.25, 0.3) is 0 Å². The van der Waals surface area contributed by atoms with E-state index >= 15 is 0 Å². The van der Waals surface area contributed by atoms with Gasteiger partial charge in [0.2, 0.25) is 5.91 Å². The highest BCUT2D eigenvalue weighted by Crippen LogP contribution is 2.25. The highest BCUT2D eigenvalue weighted by molar-refractivity contribution is 5.91. The fourth-order valence-electron chi connectivity index (χ4n) is 2.49. The first kappa shape index (κ1) is 18.6. The van der Waals surface area contributed by atoms with Gasteiger partial charge in [0.05, 0.1) is 13.0 Å². The van der Waals surface area contributed by atoms with Crippen LogP contribution in [0.15, 0.2) is 53.2 Å². The minimum absolute atomic E-state index is 0.0779. The molecule has 0 unspecified atom stereocenters. The van der Waals surface area contributed by atoms with Crippen LogP contribution in [0.1, 0.15) is 25.2 Å². The summed E-state index contributed by atoms with van der Waals surface area (Å²) in [6.45, 7) is 3.58. The zero-order valence-corrected chi connectivity index (χ0v) is 15.3. The van der Waals surface area contributed by atoms with Crippen molar-refractivity contribution >= 4 is 17.5 Å². The standard InChI is InChI=1S/C20H22N4O3/c1-20(2,12-25)16-10-18(24-27-16)23-19(26)9-13-3-5-14(6-4-13)15-7-8-17(21)22-11-15/h3-8,10-11,25H,9,12H2,1-2H3,(H2,21,22)(H,23,24,26). The second kappa shape index (κ2) is 7.59. The molecule has 1 amide bonds. The Bertz CT molecular complexity index is 915. The normalized spacial score (nSPS) is 11.4. The SMILES string of the molecule is CC(C)(CO)c1cc(NC(=O)Cc2ccc(-c3ccc(N)nc3)cc2)no1. The van der Waals surface area contributed by atoms with E-state index in [2.05, 4.69) is 15.5 Å². The number of anilines is 2. The van der Waals surface area contributed by atoms with Crippen LogP contribution in [-0.4, -0.2) is 27.8 Å². The topological polar surface area (TPSA) is 114 Å². The number of hydrogen-bond acceptors (Lipinski definition) is 6. The van der Waals surface area contributed by atoms with E-state index in [1.807, 2.05) is 44.2 Å². The molecule has 0 aliphatic heterocycles. The number of pyridine rings is 1. The van der Waals surface area contributed by atoms with Crippen molar-refractivity contribution in [3.8, 4) is 11.1 Å². The summed E-state index contributed by atoms with van der Waals surface area (Å²) in [5.74, 6) is 1.13. The van der Waals surface area contributed by atoms with Gasteiger partial charge in [-0.25, -0.2) is 4.98 Å². The van der Waals surface area contributed by atoms with Crippen LogP contribution in [0.4, 0.5) is 11.6 Å². The molecule has 0 radical (unpaired) electrons. The molecule has 0 fully saturated rings. The van der Waals surface area contributed by atoms with Gasteiger partial charge >= 0.3 is 0 Å². The van der Waals surface area contributed by atoms with Crippen molar-refractivity contribution in [1.29, 1.82) is 0 Å². The largest absolute Gasteiger partial charge is 0.395 e. The summed E-state index contributed by atoms with van der Waals surface area (Å²) in [5.41, 5.74) is 7.88. The maximum atomic E-state index is 12.2. The molecule has 0 atom stereocenters. The third kappa shape index (κ3) is 4.51. The number of nitrogen functional groups attached to an aromatic ring is 1. The Morgan fingerprint density at radius 2 is 1.89 bits per heavy atom. The number of aromatic nitrogens is 2. The maximum absolute atomic E-state index is 12.2. The van der Waals surface area contributed by atoms with Gasteiger partial charge in [0.1, 0.15) is 11.6 Å². The quantitative estimate of drug-likeness (QED) is 0.618. The van der Waals surface area contributed by atoms with Crippen LogP contribution in [0.5, 0.6) is 0 Å². The summed E-state index contributed by atoms with van der Waals surface area (Å²) in [4.78, 5) is 16.3. The molecule has 0 bridgehead atoms. The molecule has 0 saturated carbocycles. The van der Waals surface area contributed by atoms with E-state index in [9.17, 15) is 9.90 Å². The number of rotatable bonds is 6. The van der Waals surface area contributed by atoms with E-state index in [0.717, 1.165) is 16.7 Å². The molecule has 27 heavy (non-hydrogen) atoms. The molecule has 140 valence electrons. The highest BCUT2D eigenvalue weighted by Gasteiger charge is 2.25.